The number of nitrogens with one attached hydrogen (secondary N) is 1. The fourth-order valence-electron chi connectivity index (χ4n) is 1.76. The molecule has 0 bridgehead atoms. The first kappa shape index (κ1) is 14.0. The maximum absolute atomic E-state index is 11.6. The fourth-order valence-corrected chi connectivity index (χ4v) is 1.89. The molecular formula is C14H20ClNO. The van der Waals surface area contributed by atoms with Crippen molar-refractivity contribution in [3.8, 4) is 0 Å². The van der Waals surface area contributed by atoms with E-state index in [0.717, 1.165) is 29.8 Å². The highest BCUT2D eigenvalue weighted by Crippen LogP contribution is 2.11. The quantitative estimate of drug-likeness (QED) is 0.825. The predicted octanol–water partition coefficient (Wildman–Crippen LogP) is 3.58. The van der Waals surface area contributed by atoms with Gasteiger partial charge in [0.2, 0.25) is 5.91 Å². The van der Waals surface area contributed by atoms with Crippen LogP contribution in [-0.4, -0.2) is 11.9 Å². The van der Waals surface area contributed by atoms with E-state index in [-0.39, 0.29) is 11.9 Å². The lowest BCUT2D eigenvalue weighted by Crippen LogP contribution is -2.32. The summed E-state index contributed by atoms with van der Waals surface area (Å²) in [7, 11) is 0. The largest absolute Gasteiger partial charge is 0.354 e. The smallest absolute Gasteiger partial charge is 0.220 e. The number of halogens is 1. The molecule has 0 aromatic heterocycles. The lowest BCUT2D eigenvalue weighted by Gasteiger charge is -2.12. The van der Waals surface area contributed by atoms with E-state index in [9.17, 15) is 4.79 Å². The Kier molecular flexibility index (Phi) is 6.06. The van der Waals surface area contributed by atoms with Crippen molar-refractivity contribution >= 4 is 17.5 Å². The Labute approximate surface area is 108 Å². The minimum Gasteiger partial charge on any atom is -0.354 e. The first-order chi connectivity index (χ1) is 8.11. The Morgan fingerprint density at radius 1 is 1.35 bits per heavy atom. The molecular weight excluding hydrogens is 234 g/mol. The molecule has 0 saturated heterocycles. The Hall–Kier alpha value is -1.02. The SMILES string of the molecule is CCC[C@@H](C)NC(=O)CCc1ccc(Cl)cc1. The van der Waals surface area contributed by atoms with Crippen LogP contribution in [-0.2, 0) is 11.2 Å². The number of hydrogen-bond donors (Lipinski definition) is 1. The maximum atomic E-state index is 11.6. The van der Waals surface area contributed by atoms with Crippen molar-refractivity contribution in [2.24, 2.45) is 0 Å². The molecule has 17 heavy (non-hydrogen) atoms. The Morgan fingerprint density at radius 2 is 2.00 bits per heavy atom. The van der Waals surface area contributed by atoms with E-state index in [4.69, 9.17) is 11.6 Å². The lowest BCUT2D eigenvalue weighted by atomic mass is 10.1. The van der Waals surface area contributed by atoms with Gasteiger partial charge in [0, 0.05) is 17.5 Å². The van der Waals surface area contributed by atoms with Crippen LogP contribution in [0.4, 0.5) is 0 Å². The van der Waals surface area contributed by atoms with E-state index in [1.807, 2.05) is 31.2 Å². The summed E-state index contributed by atoms with van der Waals surface area (Å²) in [4.78, 5) is 11.6. The predicted molar refractivity (Wildman–Crippen MR) is 72.3 cm³/mol. The molecule has 0 spiro atoms. The second-order valence-corrected chi connectivity index (χ2v) is 4.82. The van der Waals surface area contributed by atoms with Crippen molar-refractivity contribution in [2.45, 2.75) is 45.6 Å². The third-order valence-corrected chi connectivity index (χ3v) is 2.94. The molecule has 1 aromatic carbocycles. The minimum atomic E-state index is 0.126. The molecule has 0 fully saturated rings. The van der Waals surface area contributed by atoms with E-state index >= 15 is 0 Å². The zero-order chi connectivity index (χ0) is 12.7. The number of benzene rings is 1. The molecule has 3 heteroatoms. The first-order valence-electron chi connectivity index (χ1n) is 6.15. The van der Waals surface area contributed by atoms with E-state index in [0.29, 0.717) is 6.42 Å². The van der Waals surface area contributed by atoms with Gasteiger partial charge in [-0.15, -0.1) is 0 Å². The van der Waals surface area contributed by atoms with Crippen LogP contribution >= 0.6 is 11.6 Å². The monoisotopic (exact) mass is 253 g/mol. The van der Waals surface area contributed by atoms with Crippen LogP contribution in [0.2, 0.25) is 5.02 Å². The highest BCUT2D eigenvalue weighted by molar-refractivity contribution is 6.30. The highest BCUT2D eigenvalue weighted by Gasteiger charge is 2.06. The van der Waals surface area contributed by atoms with Gasteiger partial charge < -0.3 is 5.32 Å². The Balaban J connectivity index is 2.30. The normalized spacial score (nSPS) is 12.2. The van der Waals surface area contributed by atoms with Gasteiger partial charge in [0.1, 0.15) is 0 Å². The van der Waals surface area contributed by atoms with Crippen molar-refractivity contribution < 1.29 is 4.79 Å². The van der Waals surface area contributed by atoms with Crippen LogP contribution in [0, 0.1) is 0 Å². The molecule has 94 valence electrons. The molecule has 1 amide bonds. The summed E-state index contributed by atoms with van der Waals surface area (Å²) in [6.45, 7) is 4.17. The molecule has 0 aliphatic carbocycles. The van der Waals surface area contributed by atoms with Gasteiger partial charge in [0.25, 0.3) is 0 Å². The van der Waals surface area contributed by atoms with E-state index < -0.39 is 0 Å². The van der Waals surface area contributed by atoms with Crippen LogP contribution in [0.5, 0.6) is 0 Å². The van der Waals surface area contributed by atoms with Crippen molar-refractivity contribution in [3.05, 3.63) is 34.9 Å². The molecule has 1 aromatic rings. The standard InChI is InChI=1S/C14H20ClNO/c1-3-4-11(2)16-14(17)10-7-12-5-8-13(15)9-6-12/h5-6,8-9,11H,3-4,7,10H2,1-2H3,(H,16,17)/t11-/m1/s1. The van der Waals surface area contributed by atoms with Gasteiger partial charge in [-0.05, 0) is 37.5 Å². The average Bonchev–Trinajstić information content (AvgIpc) is 2.28. The van der Waals surface area contributed by atoms with Gasteiger partial charge in [-0.3, -0.25) is 4.79 Å². The van der Waals surface area contributed by atoms with Crippen LogP contribution in [0.15, 0.2) is 24.3 Å². The summed E-state index contributed by atoms with van der Waals surface area (Å²) in [6, 6.07) is 7.91. The van der Waals surface area contributed by atoms with Crippen LogP contribution in [0.3, 0.4) is 0 Å². The van der Waals surface area contributed by atoms with Crippen LogP contribution < -0.4 is 5.32 Å². The number of hydrogen-bond acceptors (Lipinski definition) is 1. The zero-order valence-corrected chi connectivity index (χ0v) is 11.3. The van der Waals surface area contributed by atoms with Gasteiger partial charge in [0.05, 0.1) is 0 Å². The molecule has 0 heterocycles. The number of amides is 1. The Bertz CT molecular complexity index is 348. The molecule has 0 aliphatic rings. The number of rotatable bonds is 6. The Morgan fingerprint density at radius 3 is 2.59 bits per heavy atom. The summed E-state index contributed by atoms with van der Waals surface area (Å²) in [6.07, 6.45) is 3.43. The molecule has 2 nitrogen and oxygen atoms in total. The number of carbonyl (C=O) groups excluding carboxylic acids is 1. The lowest BCUT2D eigenvalue weighted by molar-refractivity contribution is -0.121. The van der Waals surface area contributed by atoms with E-state index in [1.165, 1.54) is 0 Å². The van der Waals surface area contributed by atoms with Crippen molar-refractivity contribution in [1.82, 2.24) is 5.32 Å². The number of aryl methyl sites for hydroxylation is 1. The van der Waals surface area contributed by atoms with Crippen molar-refractivity contribution in [3.63, 3.8) is 0 Å². The average molecular weight is 254 g/mol. The second kappa shape index (κ2) is 7.33. The molecule has 1 rings (SSSR count). The first-order valence-corrected chi connectivity index (χ1v) is 6.53. The van der Waals surface area contributed by atoms with Gasteiger partial charge in [-0.1, -0.05) is 37.1 Å². The number of carbonyl (C=O) groups is 1. The van der Waals surface area contributed by atoms with Crippen molar-refractivity contribution in [1.29, 1.82) is 0 Å². The summed E-state index contributed by atoms with van der Waals surface area (Å²) >= 11 is 5.80. The summed E-state index contributed by atoms with van der Waals surface area (Å²) < 4.78 is 0. The highest BCUT2D eigenvalue weighted by atomic mass is 35.5. The summed E-state index contributed by atoms with van der Waals surface area (Å²) in [5.41, 5.74) is 1.15. The topological polar surface area (TPSA) is 29.1 Å². The molecule has 0 radical (unpaired) electrons. The van der Waals surface area contributed by atoms with Gasteiger partial charge in [-0.25, -0.2) is 0 Å². The van der Waals surface area contributed by atoms with Gasteiger partial charge >= 0.3 is 0 Å². The van der Waals surface area contributed by atoms with E-state index in [2.05, 4.69) is 12.2 Å². The zero-order valence-electron chi connectivity index (χ0n) is 10.5. The fraction of sp³-hybridized carbons (Fsp3) is 0.500. The van der Waals surface area contributed by atoms with E-state index in [1.54, 1.807) is 0 Å². The van der Waals surface area contributed by atoms with Gasteiger partial charge in [-0.2, -0.15) is 0 Å². The molecule has 1 atom stereocenters. The third kappa shape index (κ3) is 5.73. The van der Waals surface area contributed by atoms with Crippen molar-refractivity contribution in [2.75, 3.05) is 0 Å². The molecule has 1 N–H and O–H groups in total. The second-order valence-electron chi connectivity index (χ2n) is 4.38. The van der Waals surface area contributed by atoms with Crippen LogP contribution in [0.1, 0.15) is 38.7 Å². The molecule has 0 saturated carbocycles. The molecule has 0 aliphatic heterocycles. The summed E-state index contributed by atoms with van der Waals surface area (Å²) in [5.74, 6) is 0.126. The summed E-state index contributed by atoms with van der Waals surface area (Å²) in [5, 5.41) is 3.73. The maximum Gasteiger partial charge on any atom is 0.220 e. The minimum absolute atomic E-state index is 0.126. The third-order valence-electron chi connectivity index (χ3n) is 2.68. The van der Waals surface area contributed by atoms with Crippen LogP contribution in [0.25, 0.3) is 0 Å². The van der Waals surface area contributed by atoms with Gasteiger partial charge in [0.15, 0.2) is 0 Å². The molecule has 0 unspecified atom stereocenters.